The van der Waals surface area contributed by atoms with E-state index < -0.39 is 17.8 Å². The molecule has 6 heteroatoms. The van der Waals surface area contributed by atoms with Gasteiger partial charge in [0.25, 0.3) is 0 Å². The Morgan fingerprint density at radius 1 is 1.00 bits per heavy atom. The third-order valence-corrected chi connectivity index (χ3v) is 4.28. The lowest BCUT2D eigenvalue weighted by atomic mass is 9.99. The number of alkyl halides is 3. The van der Waals surface area contributed by atoms with Crippen LogP contribution < -0.4 is 0 Å². The zero-order chi connectivity index (χ0) is 15.6. The van der Waals surface area contributed by atoms with E-state index in [0.29, 0.717) is 4.47 Å². The zero-order valence-corrected chi connectivity index (χ0v) is 13.8. The van der Waals surface area contributed by atoms with Crippen molar-refractivity contribution in [3.8, 4) is 0 Å². The summed E-state index contributed by atoms with van der Waals surface area (Å²) in [6.07, 6.45) is -5.19. The highest BCUT2D eigenvalue weighted by Gasteiger charge is 2.31. The summed E-state index contributed by atoms with van der Waals surface area (Å²) in [6.45, 7) is 0. The molecule has 1 N–H and O–H groups in total. The number of hydrogen-bond donors (Lipinski definition) is 1. The van der Waals surface area contributed by atoms with Crippen LogP contribution in [0.15, 0.2) is 51.4 Å². The van der Waals surface area contributed by atoms with Crippen LogP contribution in [0, 0.1) is 0 Å². The fourth-order valence-electron chi connectivity index (χ4n) is 1.93. The summed E-state index contributed by atoms with van der Waals surface area (Å²) in [5.74, 6) is 0. The van der Waals surface area contributed by atoms with Gasteiger partial charge in [0.2, 0.25) is 0 Å². The summed E-state index contributed by atoms with van der Waals surface area (Å²) in [6, 6.07) is 10.5. The van der Waals surface area contributed by atoms with E-state index in [1.54, 1.807) is 0 Å². The summed E-state index contributed by atoms with van der Waals surface area (Å²) in [7, 11) is 0. The highest BCUT2D eigenvalue weighted by molar-refractivity contribution is 9.10. The van der Waals surface area contributed by atoms with E-state index in [0.717, 1.165) is 22.2 Å². The third kappa shape index (κ3) is 4.31. The molecule has 0 spiro atoms. The molecule has 1 nitrogen and oxygen atoms in total. The Balaban J connectivity index is 2.26. The summed E-state index contributed by atoms with van der Waals surface area (Å²) in [5.41, 5.74) is 0.304. The van der Waals surface area contributed by atoms with Crippen molar-refractivity contribution in [3.63, 3.8) is 0 Å². The van der Waals surface area contributed by atoms with Gasteiger partial charge >= 0.3 is 6.18 Å². The van der Waals surface area contributed by atoms with Gasteiger partial charge in [0.15, 0.2) is 0 Å². The lowest BCUT2D eigenvalue weighted by molar-refractivity contribution is -0.137. The van der Waals surface area contributed by atoms with Crippen LogP contribution in [0.1, 0.15) is 22.8 Å². The van der Waals surface area contributed by atoms with Crippen molar-refractivity contribution in [2.24, 2.45) is 0 Å². The van der Waals surface area contributed by atoms with Crippen LogP contribution in [0.2, 0.25) is 0 Å². The molecular formula is C15H11Br2F3O. The molecule has 0 aliphatic heterocycles. The van der Waals surface area contributed by atoms with Crippen molar-refractivity contribution < 1.29 is 18.3 Å². The molecule has 0 radical (unpaired) electrons. The molecule has 0 aliphatic carbocycles. The van der Waals surface area contributed by atoms with Crippen LogP contribution in [0.5, 0.6) is 0 Å². The van der Waals surface area contributed by atoms with Gasteiger partial charge < -0.3 is 5.11 Å². The maximum Gasteiger partial charge on any atom is 0.416 e. The minimum atomic E-state index is -4.42. The second-order valence-electron chi connectivity index (χ2n) is 4.58. The molecule has 1 atom stereocenters. The Hall–Kier alpha value is -0.850. The number of rotatable bonds is 3. The first kappa shape index (κ1) is 16.5. The van der Waals surface area contributed by atoms with E-state index in [1.165, 1.54) is 6.07 Å². The topological polar surface area (TPSA) is 20.2 Å². The molecule has 0 saturated carbocycles. The van der Waals surface area contributed by atoms with Crippen molar-refractivity contribution in [2.75, 3.05) is 0 Å². The summed E-state index contributed by atoms with van der Waals surface area (Å²) in [5, 5.41) is 10.2. The smallest absolute Gasteiger partial charge is 0.388 e. The van der Waals surface area contributed by atoms with Gasteiger partial charge in [-0.15, -0.1) is 0 Å². The zero-order valence-electron chi connectivity index (χ0n) is 10.7. The Bertz CT molecular complexity index is 624. The number of benzene rings is 2. The minimum absolute atomic E-state index is 0.229. The number of aliphatic hydroxyl groups excluding tert-OH is 1. The molecule has 112 valence electrons. The highest BCUT2D eigenvalue weighted by atomic mass is 79.9. The van der Waals surface area contributed by atoms with Gasteiger partial charge in [0, 0.05) is 15.4 Å². The Labute approximate surface area is 137 Å². The van der Waals surface area contributed by atoms with Crippen LogP contribution in [-0.2, 0) is 12.6 Å². The van der Waals surface area contributed by atoms with Gasteiger partial charge in [0.1, 0.15) is 0 Å². The van der Waals surface area contributed by atoms with E-state index in [-0.39, 0.29) is 12.0 Å². The molecule has 21 heavy (non-hydrogen) atoms. The van der Waals surface area contributed by atoms with E-state index in [4.69, 9.17) is 0 Å². The van der Waals surface area contributed by atoms with Crippen LogP contribution in [0.3, 0.4) is 0 Å². The maximum absolute atomic E-state index is 12.7. The maximum atomic E-state index is 12.7. The van der Waals surface area contributed by atoms with Gasteiger partial charge in [-0.05, 0) is 41.5 Å². The first-order chi connectivity index (χ1) is 9.77. The molecule has 0 amide bonds. The van der Waals surface area contributed by atoms with Crippen molar-refractivity contribution in [1.82, 2.24) is 0 Å². The molecule has 0 saturated heterocycles. The number of halogens is 5. The van der Waals surface area contributed by atoms with Gasteiger partial charge in [-0.25, -0.2) is 0 Å². The van der Waals surface area contributed by atoms with Crippen LogP contribution in [0.25, 0.3) is 0 Å². The van der Waals surface area contributed by atoms with E-state index in [1.807, 2.05) is 24.3 Å². The molecule has 0 heterocycles. The molecule has 2 aromatic carbocycles. The highest BCUT2D eigenvalue weighted by Crippen LogP contribution is 2.34. The molecule has 0 fully saturated rings. The normalized spacial score (nSPS) is 13.2. The Morgan fingerprint density at radius 2 is 1.62 bits per heavy atom. The average molecular weight is 424 g/mol. The first-order valence-corrected chi connectivity index (χ1v) is 7.65. The lowest BCUT2D eigenvalue weighted by Gasteiger charge is -2.16. The van der Waals surface area contributed by atoms with Gasteiger partial charge in [-0.1, -0.05) is 44.0 Å². The van der Waals surface area contributed by atoms with Gasteiger partial charge in [-0.3, -0.25) is 0 Å². The van der Waals surface area contributed by atoms with Crippen molar-refractivity contribution in [1.29, 1.82) is 0 Å². The molecule has 0 aromatic heterocycles. The molecule has 0 bridgehead atoms. The standard InChI is InChI=1S/C15H11Br2F3O/c16-11-4-1-9(2-5-11)7-14(21)12-8-10(15(18,19)20)3-6-13(12)17/h1-6,8,14,21H,7H2. The van der Waals surface area contributed by atoms with E-state index in [2.05, 4.69) is 31.9 Å². The SMILES string of the molecule is OC(Cc1ccc(Br)cc1)c1cc(C(F)(F)F)ccc1Br. The Morgan fingerprint density at radius 3 is 2.19 bits per heavy atom. The number of aliphatic hydroxyl groups is 1. The minimum Gasteiger partial charge on any atom is -0.388 e. The average Bonchev–Trinajstić information content (AvgIpc) is 2.40. The fraction of sp³-hybridized carbons (Fsp3) is 0.200. The molecular weight excluding hydrogens is 413 g/mol. The second kappa shape index (κ2) is 6.50. The largest absolute Gasteiger partial charge is 0.416 e. The van der Waals surface area contributed by atoms with Crippen LogP contribution in [-0.4, -0.2) is 5.11 Å². The first-order valence-electron chi connectivity index (χ1n) is 6.06. The predicted molar refractivity (Wildman–Crippen MR) is 81.9 cm³/mol. The van der Waals surface area contributed by atoms with Crippen molar-refractivity contribution in [2.45, 2.75) is 18.7 Å². The van der Waals surface area contributed by atoms with Crippen LogP contribution in [0.4, 0.5) is 13.2 Å². The predicted octanol–water partition coefficient (Wildman–Crippen LogP) is 5.51. The Kier molecular flexibility index (Phi) is 5.11. The van der Waals surface area contributed by atoms with E-state index >= 15 is 0 Å². The van der Waals surface area contributed by atoms with Gasteiger partial charge in [0.05, 0.1) is 11.7 Å². The van der Waals surface area contributed by atoms with Crippen molar-refractivity contribution in [3.05, 3.63) is 68.1 Å². The third-order valence-electron chi connectivity index (χ3n) is 3.02. The quantitative estimate of drug-likeness (QED) is 0.690. The summed E-state index contributed by atoms with van der Waals surface area (Å²) < 4.78 is 39.6. The summed E-state index contributed by atoms with van der Waals surface area (Å²) >= 11 is 6.49. The number of hydrogen-bond acceptors (Lipinski definition) is 1. The lowest BCUT2D eigenvalue weighted by Crippen LogP contribution is -2.08. The molecule has 2 rings (SSSR count). The van der Waals surface area contributed by atoms with Crippen LogP contribution >= 0.6 is 31.9 Å². The monoisotopic (exact) mass is 422 g/mol. The fourth-order valence-corrected chi connectivity index (χ4v) is 2.70. The molecule has 1 unspecified atom stereocenters. The molecule has 2 aromatic rings. The summed E-state index contributed by atoms with van der Waals surface area (Å²) in [4.78, 5) is 0. The molecule has 0 aliphatic rings. The second-order valence-corrected chi connectivity index (χ2v) is 6.35. The van der Waals surface area contributed by atoms with E-state index in [9.17, 15) is 18.3 Å². The van der Waals surface area contributed by atoms with Gasteiger partial charge in [-0.2, -0.15) is 13.2 Å². The van der Waals surface area contributed by atoms with Crippen molar-refractivity contribution >= 4 is 31.9 Å².